The van der Waals surface area contributed by atoms with Gasteiger partial charge in [0.05, 0.1) is 18.2 Å². The minimum Gasteiger partial charge on any atom is -0.376 e. The van der Waals surface area contributed by atoms with Crippen LogP contribution in [0.15, 0.2) is 24.3 Å². The third kappa shape index (κ3) is 2.79. The fourth-order valence-electron chi connectivity index (χ4n) is 0.969. The number of nitrogens with one attached hydrogen (secondary N) is 2. The summed E-state index contributed by atoms with van der Waals surface area (Å²) in [5, 5.41) is 14.0. The molecule has 0 spiro atoms. The van der Waals surface area contributed by atoms with Gasteiger partial charge < -0.3 is 10.6 Å². The maximum Gasteiger partial charge on any atom is 0.239 e. The van der Waals surface area contributed by atoms with Crippen LogP contribution in [0.25, 0.3) is 0 Å². The summed E-state index contributed by atoms with van der Waals surface area (Å²) in [6, 6.07) is 9.02. The molecule has 0 heterocycles. The number of likely N-dealkylation sites (N-methyl/N-ethyl adjacent to an activating group) is 1. The van der Waals surface area contributed by atoms with Crippen molar-refractivity contribution >= 4 is 11.6 Å². The summed E-state index contributed by atoms with van der Waals surface area (Å²) in [7, 11) is 1.58. The van der Waals surface area contributed by atoms with E-state index in [9.17, 15) is 4.79 Å². The molecule has 14 heavy (non-hydrogen) atoms. The summed E-state index contributed by atoms with van der Waals surface area (Å²) in [6.07, 6.45) is 0. The van der Waals surface area contributed by atoms with Gasteiger partial charge >= 0.3 is 0 Å². The lowest BCUT2D eigenvalue weighted by Crippen LogP contribution is -2.26. The second-order valence-electron chi connectivity index (χ2n) is 2.72. The number of benzene rings is 1. The molecule has 0 aliphatic heterocycles. The van der Waals surface area contributed by atoms with Crippen molar-refractivity contribution in [3.05, 3.63) is 29.8 Å². The number of nitrogens with zero attached hydrogens (tertiary/aromatic N) is 1. The first-order valence-electron chi connectivity index (χ1n) is 4.21. The summed E-state index contributed by atoms with van der Waals surface area (Å²) in [5.74, 6) is -0.0904. The highest BCUT2D eigenvalue weighted by Crippen LogP contribution is 2.08. The highest BCUT2D eigenvalue weighted by molar-refractivity contribution is 5.80. The fourth-order valence-corrected chi connectivity index (χ4v) is 0.969. The summed E-state index contributed by atoms with van der Waals surface area (Å²) in [4.78, 5) is 10.9. The number of hydrogen-bond acceptors (Lipinski definition) is 3. The predicted molar refractivity (Wildman–Crippen MR) is 53.7 cm³/mol. The molecule has 0 fully saturated rings. The molecule has 1 rings (SSSR count). The Bertz CT molecular complexity index is 368. The van der Waals surface area contributed by atoms with Gasteiger partial charge in [-0.25, -0.2) is 0 Å². The van der Waals surface area contributed by atoms with Gasteiger partial charge in [0.15, 0.2) is 0 Å². The van der Waals surface area contributed by atoms with Crippen molar-refractivity contribution in [2.45, 2.75) is 0 Å². The average Bonchev–Trinajstić information content (AvgIpc) is 2.26. The average molecular weight is 189 g/mol. The Kier molecular flexibility index (Phi) is 3.50. The maximum atomic E-state index is 10.9. The largest absolute Gasteiger partial charge is 0.376 e. The van der Waals surface area contributed by atoms with E-state index in [4.69, 9.17) is 5.26 Å². The lowest BCUT2D eigenvalue weighted by atomic mass is 10.2. The second kappa shape index (κ2) is 4.87. The molecule has 2 N–H and O–H groups in total. The van der Waals surface area contributed by atoms with Crippen LogP contribution >= 0.6 is 0 Å². The monoisotopic (exact) mass is 189 g/mol. The Balaban J connectivity index is 2.60. The van der Waals surface area contributed by atoms with E-state index in [2.05, 4.69) is 10.6 Å². The van der Waals surface area contributed by atoms with Crippen LogP contribution in [0.5, 0.6) is 0 Å². The smallest absolute Gasteiger partial charge is 0.239 e. The third-order valence-corrected chi connectivity index (χ3v) is 1.72. The Morgan fingerprint density at radius 1 is 1.57 bits per heavy atom. The number of hydrogen-bond donors (Lipinski definition) is 2. The van der Waals surface area contributed by atoms with Gasteiger partial charge in [0.2, 0.25) is 5.91 Å². The molecular formula is C10H11N3O. The summed E-state index contributed by atoms with van der Waals surface area (Å²) in [6.45, 7) is 0.214. The van der Waals surface area contributed by atoms with Crippen molar-refractivity contribution in [3.63, 3.8) is 0 Å². The first-order valence-corrected chi connectivity index (χ1v) is 4.21. The number of amides is 1. The van der Waals surface area contributed by atoms with Crippen LogP contribution in [-0.4, -0.2) is 19.5 Å². The van der Waals surface area contributed by atoms with Crippen LogP contribution in [0.4, 0.5) is 5.69 Å². The first-order chi connectivity index (χ1) is 6.76. The predicted octanol–water partition coefficient (Wildman–Crippen LogP) is 0.716. The highest BCUT2D eigenvalue weighted by Gasteiger charge is 1.98. The second-order valence-corrected chi connectivity index (χ2v) is 2.72. The minimum atomic E-state index is -0.0904. The molecule has 0 bridgehead atoms. The molecular weight excluding hydrogens is 178 g/mol. The van der Waals surface area contributed by atoms with Gasteiger partial charge in [-0.2, -0.15) is 5.26 Å². The molecule has 0 aliphatic carbocycles. The molecule has 0 aromatic heterocycles. The molecule has 0 unspecified atom stereocenters. The zero-order chi connectivity index (χ0) is 10.4. The summed E-state index contributed by atoms with van der Waals surface area (Å²) in [5.41, 5.74) is 1.35. The fraction of sp³-hybridized carbons (Fsp3) is 0.200. The lowest BCUT2D eigenvalue weighted by molar-refractivity contribution is -0.118. The van der Waals surface area contributed by atoms with E-state index < -0.39 is 0 Å². The van der Waals surface area contributed by atoms with Crippen LogP contribution in [0.3, 0.4) is 0 Å². The van der Waals surface area contributed by atoms with Gasteiger partial charge in [-0.1, -0.05) is 6.07 Å². The van der Waals surface area contributed by atoms with Crippen LogP contribution in [0, 0.1) is 11.3 Å². The van der Waals surface area contributed by atoms with Gasteiger partial charge in [-0.3, -0.25) is 4.79 Å². The Morgan fingerprint density at radius 3 is 3.00 bits per heavy atom. The van der Waals surface area contributed by atoms with Gasteiger partial charge in [0, 0.05) is 12.7 Å². The van der Waals surface area contributed by atoms with Crippen molar-refractivity contribution < 1.29 is 4.79 Å². The number of nitriles is 1. The SMILES string of the molecule is CNC(=O)CNc1cccc(C#N)c1. The number of carbonyl (C=O) groups excluding carboxylic acids is 1. The molecule has 1 amide bonds. The van der Waals surface area contributed by atoms with Gasteiger partial charge in [0.25, 0.3) is 0 Å². The van der Waals surface area contributed by atoms with Gasteiger partial charge in [0.1, 0.15) is 0 Å². The van der Waals surface area contributed by atoms with E-state index in [1.54, 1.807) is 25.2 Å². The van der Waals surface area contributed by atoms with Gasteiger partial charge in [-0.05, 0) is 18.2 Å². The minimum absolute atomic E-state index is 0.0904. The highest BCUT2D eigenvalue weighted by atomic mass is 16.1. The molecule has 0 radical (unpaired) electrons. The summed E-state index contributed by atoms with van der Waals surface area (Å²) >= 11 is 0. The topological polar surface area (TPSA) is 64.9 Å². The zero-order valence-electron chi connectivity index (χ0n) is 7.87. The first kappa shape index (κ1) is 10.1. The van der Waals surface area contributed by atoms with E-state index in [1.165, 1.54) is 0 Å². The van der Waals surface area contributed by atoms with E-state index in [1.807, 2.05) is 12.1 Å². The van der Waals surface area contributed by atoms with Crippen molar-refractivity contribution in [1.29, 1.82) is 5.26 Å². The standard InChI is InChI=1S/C10H11N3O/c1-12-10(14)7-13-9-4-2-3-8(5-9)6-11/h2-5,13H,7H2,1H3,(H,12,14). The molecule has 4 heteroatoms. The van der Waals surface area contributed by atoms with Crippen LogP contribution in [0.1, 0.15) is 5.56 Å². The van der Waals surface area contributed by atoms with E-state index in [0.29, 0.717) is 5.56 Å². The maximum absolute atomic E-state index is 10.9. The Labute approximate surface area is 82.5 Å². The molecule has 0 saturated heterocycles. The molecule has 1 aromatic carbocycles. The van der Waals surface area contributed by atoms with E-state index in [0.717, 1.165) is 5.69 Å². The van der Waals surface area contributed by atoms with E-state index in [-0.39, 0.29) is 12.5 Å². The molecule has 0 saturated carbocycles. The molecule has 4 nitrogen and oxygen atoms in total. The normalized spacial score (nSPS) is 8.86. The third-order valence-electron chi connectivity index (χ3n) is 1.72. The van der Waals surface area contributed by atoms with Crippen LogP contribution in [-0.2, 0) is 4.79 Å². The lowest BCUT2D eigenvalue weighted by Gasteiger charge is -2.04. The molecule has 1 aromatic rings. The summed E-state index contributed by atoms with van der Waals surface area (Å²) < 4.78 is 0. The van der Waals surface area contributed by atoms with Crippen molar-refractivity contribution in [3.8, 4) is 6.07 Å². The Morgan fingerprint density at radius 2 is 2.36 bits per heavy atom. The van der Waals surface area contributed by atoms with E-state index >= 15 is 0 Å². The van der Waals surface area contributed by atoms with Crippen molar-refractivity contribution in [2.75, 3.05) is 18.9 Å². The zero-order valence-corrected chi connectivity index (χ0v) is 7.87. The van der Waals surface area contributed by atoms with Crippen molar-refractivity contribution in [1.82, 2.24) is 5.32 Å². The molecule has 0 aliphatic rings. The van der Waals surface area contributed by atoms with Crippen LogP contribution < -0.4 is 10.6 Å². The number of anilines is 1. The number of rotatable bonds is 3. The van der Waals surface area contributed by atoms with Crippen molar-refractivity contribution in [2.24, 2.45) is 0 Å². The molecule has 0 atom stereocenters. The number of carbonyl (C=O) groups is 1. The quantitative estimate of drug-likeness (QED) is 0.736. The Hall–Kier alpha value is -2.02. The molecule has 72 valence electrons. The van der Waals surface area contributed by atoms with Crippen LogP contribution in [0.2, 0.25) is 0 Å². The van der Waals surface area contributed by atoms with Gasteiger partial charge in [-0.15, -0.1) is 0 Å².